The van der Waals surface area contributed by atoms with Gasteiger partial charge in [-0.3, -0.25) is 0 Å². The molecule has 0 bridgehead atoms. The molecule has 0 radical (unpaired) electrons. The van der Waals surface area contributed by atoms with Crippen LogP contribution in [0, 0.1) is 6.92 Å². The third-order valence-corrected chi connectivity index (χ3v) is 3.59. The summed E-state index contributed by atoms with van der Waals surface area (Å²) in [6.45, 7) is 4.56. The van der Waals surface area contributed by atoms with E-state index in [4.69, 9.17) is 16.3 Å². The number of carboxylic acid groups (broad SMARTS) is 1. The van der Waals surface area contributed by atoms with Crippen molar-refractivity contribution >= 4 is 29.2 Å². The van der Waals surface area contributed by atoms with Gasteiger partial charge in [0.05, 0.1) is 12.2 Å². The van der Waals surface area contributed by atoms with Crippen LogP contribution < -0.4 is 4.74 Å². The maximum Gasteiger partial charge on any atom is 0.336 e. The van der Waals surface area contributed by atoms with Gasteiger partial charge in [-0.05, 0) is 60.4 Å². The molecule has 4 heteroatoms. The summed E-state index contributed by atoms with van der Waals surface area (Å²) in [5.41, 5.74) is 2.50. The quantitative estimate of drug-likeness (QED) is 0.594. The molecule has 2 aromatic rings. The highest BCUT2D eigenvalue weighted by molar-refractivity contribution is 6.30. The van der Waals surface area contributed by atoms with E-state index in [9.17, 15) is 9.90 Å². The number of halogens is 1. The molecule has 23 heavy (non-hydrogen) atoms. The summed E-state index contributed by atoms with van der Waals surface area (Å²) in [4.78, 5) is 11.7. The molecule has 0 aliphatic rings. The van der Waals surface area contributed by atoms with E-state index >= 15 is 0 Å². The van der Waals surface area contributed by atoms with Crippen molar-refractivity contribution in [3.8, 4) is 5.75 Å². The van der Waals surface area contributed by atoms with Gasteiger partial charge in [0.25, 0.3) is 0 Å². The van der Waals surface area contributed by atoms with Crippen molar-refractivity contribution in [1.82, 2.24) is 0 Å². The van der Waals surface area contributed by atoms with E-state index in [0.717, 1.165) is 23.3 Å². The fourth-order valence-corrected chi connectivity index (χ4v) is 2.46. The van der Waals surface area contributed by atoms with Gasteiger partial charge < -0.3 is 9.84 Å². The van der Waals surface area contributed by atoms with Gasteiger partial charge in [0, 0.05) is 5.02 Å². The van der Waals surface area contributed by atoms with Crippen LogP contribution in [0.1, 0.15) is 30.0 Å². The Morgan fingerprint density at radius 2 is 2.04 bits per heavy atom. The smallest absolute Gasteiger partial charge is 0.336 e. The molecule has 0 spiro atoms. The Bertz CT molecular complexity index is 735. The van der Waals surface area contributed by atoms with Crippen LogP contribution in [0.4, 0.5) is 0 Å². The van der Waals surface area contributed by atoms with E-state index < -0.39 is 5.97 Å². The zero-order valence-electron chi connectivity index (χ0n) is 13.2. The number of carboxylic acids is 1. The molecule has 0 aromatic heterocycles. The molecule has 1 N–H and O–H groups in total. The van der Waals surface area contributed by atoms with Crippen molar-refractivity contribution in [3.05, 3.63) is 64.2 Å². The second-order valence-electron chi connectivity index (χ2n) is 5.24. The third kappa shape index (κ3) is 4.60. The zero-order chi connectivity index (χ0) is 16.8. The molecule has 0 heterocycles. The van der Waals surface area contributed by atoms with Crippen LogP contribution in [-0.2, 0) is 4.79 Å². The van der Waals surface area contributed by atoms with Crippen molar-refractivity contribution in [1.29, 1.82) is 0 Å². The molecular weight excluding hydrogens is 312 g/mol. The standard InChI is InChI=1S/C19H19ClO3/c1-3-9-23-16-7-8-17(13(2)10-16)18(19(21)22)12-14-5-4-6-15(20)11-14/h4-8,10-12H,3,9H2,1-2H3,(H,21,22)/b18-12-. The van der Waals surface area contributed by atoms with Gasteiger partial charge >= 0.3 is 5.97 Å². The lowest BCUT2D eigenvalue weighted by atomic mass is 9.98. The van der Waals surface area contributed by atoms with Crippen LogP contribution >= 0.6 is 11.6 Å². The summed E-state index contributed by atoms with van der Waals surface area (Å²) in [6.07, 6.45) is 2.55. The molecule has 0 saturated carbocycles. The Labute approximate surface area is 141 Å². The van der Waals surface area contributed by atoms with E-state index in [1.807, 2.05) is 26.0 Å². The summed E-state index contributed by atoms with van der Waals surface area (Å²) < 4.78 is 5.58. The number of aryl methyl sites for hydroxylation is 1. The van der Waals surface area contributed by atoms with Crippen LogP contribution in [0.3, 0.4) is 0 Å². The number of ether oxygens (including phenoxy) is 1. The highest BCUT2D eigenvalue weighted by Gasteiger charge is 2.14. The van der Waals surface area contributed by atoms with Gasteiger partial charge in [0.15, 0.2) is 0 Å². The Morgan fingerprint density at radius 1 is 1.26 bits per heavy atom. The molecule has 0 amide bonds. The molecule has 0 unspecified atom stereocenters. The minimum Gasteiger partial charge on any atom is -0.494 e. The van der Waals surface area contributed by atoms with E-state index in [0.29, 0.717) is 17.2 Å². The minimum absolute atomic E-state index is 0.229. The second kappa shape index (κ2) is 7.84. The maximum atomic E-state index is 11.7. The van der Waals surface area contributed by atoms with E-state index in [2.05, 4.69) is 0 Å². The summed E-state index contributed by atoms with van der Waals surface area (Å²) in [5.74, 6) is -0.226. The van der Waals surface area contributed by atoms with Gasteiger partial charge in [0.1, 0.15) is 5.75 Å². The molecule has 0 fully saturated rings. The molecule has 0 aliphatic carbocycles. The average Bonchev–Trinajstić information content (AvgIpc) is 2.51. The number of benzene rings is 2. The van der Waals surface area contributed by atoms with E-state index in [1.165, 1.54) is 0 Å². The van der Waals surface area contributed by atoms with Crippen LogP contribution in [0.25, 0.3) is 11.6 Å². The first-order valence-corrected chi connectivity index (χ1v) is 7.83. The first-order chi connectivity index (χ1) is 11.0. The van der Waals surface area contributed by atoms with Gasteiger partial charge in [-0.25, -0.2) is 4.79 Å². The Morgan fingerprint density at radius 3 is 2.65 bits per heavy atom. The molecule has 0 aliphatic heterocycles. The largest absolute Gasteiger partial charge is 0.494 e. The molecular formula is C19H19ClO3. The lowest BCUT2D eigenvalue weighted by Crippen LogP contribution is -2.02. The highest BCUT2D eigenvalue weighted by atomic mass is 35.5. The predicted molar refractivity (Wildman–Crippen MR) is 93.9 cm³/mol. The molecule has 0 atom stereocenters. The Kier molecular flexibility index (Phi) is 5.83. The summed E-state index contributed by atoms with van der Waals surface area (Å²) in [6, 6.07) is 12.5. The fourth-order valence-electron chi connectivity index (χ4n) is 2.27. The molecule has 2 aromatic carbocycles. The molecule has 3 nitrogen and oxygen atoms in total. The molecule has 0 saturated heterocycles. The SMILES string of the molecule is CCCOc1ccc(/C(=C/c2cccc(Cl)c2)C(=O)O)c(C)c1. The van der Waals surface area contributed by atoms with Crippen molar-refractivity contribution in [2.24, 2.45) is 0 Å². The lowest BCUT2D eigenvalue weighted by Gasteiger charge is -2.11. The van der Waals surface area contributed by atoms with E-state index in [1.54, 1.807) is 36.4 Å². The summed E-state index contributed by atoms with van der Waals surface area (Å²) >= 11 is 5.96. The van der Waals surface area contributed by atoms with Gasteiger partial charge in [-0.2, -0.15) is 0 Å². The first-order valence-electron chi connectivity index (χ1n) is 7.45. The molecule has 2 rings (SSSR count). The monoisotopic (exact) mass is 330 g/mol. The first kappa shape index (κ1) is 17.1. The predicted octanol–water partition coefficient (Wildman–Crippen LogP) is 5.06. The highest BCUT2D eigenvalue weighted by Crippen LogP contribution is 2.26. The number of hydrogen-bond donors (Lipinski definition) is 1. The topological polar surface area (TPSA) is 46.5 Å². The lowest BCUT2D eigenvalue weighted by molar-refractivity contribution is -0.130. The van der Waals surface area contributed by atoms with Crippen LogP contribution in [0.15, 0.2) is 42.5 Å². The summed E-state index contributed by atoms with van der Waals surface area (Å²) in [5, 5.41) is 10.1. The van der Waals surface area contributed by atoms with Crippen molar-refractivity contribution < 1.29 is 14.6 Å². The number of aliphatic carboxylic acids is 1. The molecule has 120 valence electrons. The Balaban J connectivity index is 2.40. The summed E-state index contributed by atoms with van der Waals surface area (Å²) in [7, 11) is 0. The zero-order valence-corrected chi connectivity index (χ0v) is 13.9. The van der Waals surface area contributed by atoms with Gasteiger partial charge in [-0.15, -0.1) is 0 Å². The number of carbonyl (C=O) groups is 1. The normalized spacial score (nSPS) is 11.3. The number of hydrogen-bond acceptors (Lipinski definition) is 2. The minimum atomic E-state index is -0.977. The van der Waals surface area contributed by atoms with Crippen LogP contribution in [0.2, 0.25) is 5.02 Å². The van der Waals surface area contributed by atoms with Crippen molar-refractivity contribution in [2.45, 2.75) is 20.3 Å². The van der Waals surface area contributed by atoms with Crippen LogP contribution in [-0.4, -0.2) is 17.7 Å². The van der Waals surface area contributed by atoms with Crippen molar-refractivity contribution in [3.63, 3.8) is 0 Å². The Hall–Kier alpha value is -2.26. The number of rotatable bonds is 6. The third-order valence-electron chi connectivity index (χ3n) is 3.35. The van der Waals surface area contributed by atoms with Gasteiger partial charge in [-0.1, -0.05) is 36.7 Å². The average molecular weight is 331 g/mol. The van der Waals surface area contributed by atoms with Crippen LogP contribution in [0.5, 0.6) is 5.75 Å². The van der Waals surface area contributed by atoms with Gasteiger partial charge in [0.2, 0.25) is 0 Å². The fraction of sp³-hybridized carbons (Fsp3) is 0.211. The van der Waals surface area contributed by atoms with Crippen molar-refractivity contribution in [2.75, 3.05) is 6.61 Å². The second-order valence-corrected chi connectivity index (χ2v) is 5.68. The maximum absolute atomic E-state index is 11.7. The van der Waals surface area contributed by atoms with E-state index in [-0.39, 0.29) is 5.57 Å².